The molecule has 0 spiro atoms. The van der Waals surface area contributed by atoms with E-state index >= 15 is 0 Å². The Kier molecular flexibility index (Phi) is 4.33. The highest BCUT2D eigenvalue weighted by atomic mass is 79.9. The maximum absolute atomic E-state index is 4.01. The van der Waals surface area contributed by atoms with Gasteiger partial charge in [0.1, 0.15) is 0 Å². The molecule has 4 nitrogen and oxygen atoms in total. The molecule has 1 aromatic heterocycles. The van der Waals surface area contributed by atoms with Crippen LogP contribution in [-0.2, 0) is 0 Å². The first kappa shape index (κ1) is 12.3. The summed E-state index contributed by atoms with van der Waals surface area (Å²) in [5.41, 5.74) is 0.970. The summed E-state index contributed by atoms with van der Waals surface area (Å²) in [5, 5.41) is 12.5. The van der Waals surface area contributed by atoms with E-state index in [0.717, 1.165) is 27.5 Å². The molecule has 0 amide bonds. The van der Waals surface area contributed by atoms with Gasteiger partial charge in [-0.25, -0.2) is 0 Å². The van der Waals surface area contributed by atoms with Crippen LogP contribution in [-0.4, -0.2) is 26.0 Å². The summed E-state index contributed by atoms with van der Waals surface area (Å²) in [6, 6.07) is 9.85. The van der Waals surface area contributed by atoms with Gasteiger partial charge in [-0.1, -0.05) is 52.5 Å². The lowest BCUT2D eigenvalue weighted by molar-refractivity contribution is 0.756. The van der Waals surface area contributed by atoms with E-state index in [1.165, 1.54) is 0 Å². The topological polar surface area (TPSA) is 43.6 Å². The highest BCUT2D eigenvalue weighted by Crippen LogP contribution is 2.20. The van der Waals surface area contributed by atoms with E-state index in [1.807, 2.05) is 30.3 Å². The molecule has 0 aliphatic heterocycles. The zero-order chi connectivity index (χ0) is 12.1. The molecule has 0 fully saturated rings. The highest BCUT2D eigenvalue weighted by Gasteiger charge is 2.07. The number of tetrazole rings is 1. The van der Waals surface area contributed by atoms with E-state index < -0.39 is 0 Å². The van der Waals surface area contributed by atoms with Crippen molar-refractivity contribution in [2.24, 2.45) is 0 Å². The van der Waals surface area contributed by atoms with Crippen molar-refractivity contribution >= 4 is 27.7 Å². The predicted octanol–water partition coefficient (Wildman–Crippen LogP) is 3.05. The average molecular weight is 311 g/mol. The molecule has 0 atom stereocenters. The van der Waals surface area contributed by atoms with Gasteiger partial charge in [0.15, 0.2) is 0 Å². The van der Waals surface area contributed by atoms with Crippen molar-refractivity contribution in [1.29, 1.82) is 0 Å². The molecular weight excluding hydrogens is 300 g/mol. The third-order valence-electron chi connectivity index (χ3n) is 2.05. The molecule has 17 heavy (non-hydrogen) atoms. The number of allylic oxidation sites excluding steroid dienone is 1. The summed E-state index contributed by atoms with van der Waals surface area (Å²) < 4.78 is 2.73. The van der Waals surface area contributed by atoms with Gasteiger partial charge in [-0.2, -0.15) is 4.68 Å². The van der Waals surface area contributed by atoms with Crippen LogP contribution < -0.4 is 0 Å². The van der Waals surface area contributed by atoms with Crippen LogP contribution in [0.2, 0.25) is 0 Å². The Bertz CT molecular complexity index is 497. The molecule has 88 valence electrons. The van der Waals surface area contributed by atoms with Gasteiger partial charge >= 0.3 is 0 Å². The van der Waals surface area contributed by atoms with Crippen LogP contribution in [0.25, 0.3) is 5.69 Å². The van der Waals surface area contributed by atoms with Gasteiger partial charge in [0.2, 0.25) is 5.16 Å². The zero-order valence-electron chi connectivity index (χ0n) is 9.08. The average Bonchev–Trinajstić information content (AvgIpc) is 2.78. The van der Waals surface area contributed by atoms with Gasteiger partial charge in [-0.05, 0) is 33.5 Å². The molecule has 2 rings (SSSR count). The second-order valence-corrected chi connectivity index (χ2v) is 5.51. The van der Waals surface area contributed by atoms with Crippen LogP contribution in [0.1, 0.15) is 6.42 Å². The van der Waals surface area contributed by atoms with E-state index in [9.17, 15) is 0 Å². The minimum Gasteiger partial charge on any atom is -0.188 e. The Balaban J connectivity index is 2.10. The fourth-order valence-electron chi connectivity index (χ4n) is 1.25. The monoisotopic (exact) mass is 310 g/mol. The number of benzene rings is 1. The van der Waals surface area contributed by atoms with Crippen molar-refractivity contribution in [1.82, 2.24) is 20.2 Å². The minimum absolute atomic E-state index is 0.796. The molecule has 0 radical (unpaired) electrons. The molecule has 0 saturated heterocycles. The highest BCUT2D eigenvalue weighted by molar-refractivity contribution is 9.11. The number of halogens is 1. The second-order valence-electron chi connectivity index (χ2n) is 3.32. The van der Waals surface area contributed by atoms with Crippen LogP contribution in [0.5, 0.6) is 0 Å². The number of rotatable bonds is 5. The van der Waals surface area contributed by atoms with Gasteiger partial charge in [0.25, 0.3) is 0 Å². The first-order valence-corrected chi connectivity index (χ1v) is 6.85. The first-order chi connectivity index (χ1) is 8.27. The minimum atomic E-state index is 0.796. The van der Waals surface area contributed by atoms with Crippen LogP contribution in [0.15, 0.2) is 46.5 Å². The van der Waals surface area contributed by atoms with Crippen molar-refractivity contribution in [3.05, 3.63) is 41.4 Å². The van der Waals surface area contributed by atoms with Crippen molar-refractivity contribution in [3.8, 4) is 5.69 Å². The summed E-state index contributed by atoms with van der Waals surface area (Å²) in [6.07, 6.45) is 0.895. The fraction of sp³-hybridized carbons (Fsp3) is 0.182. The van der Waals surface area contributed by atoms with Gasteiger partial charge in [0.05, 0.1) is 5.69 Å². The van der Waals surface area contributed by atoms with E-state index in [-0.39, 0.29) is 0 Å². The molecule has 0 aliphatic carbocycles. The fourth-order valence-corrected chi connectivity index (χ4v) is 2.60. The van der Waals surface area contributed by atoms with Crippen LogP contribution in [0, 0.1) is 0 Å². The van der Waals surface area contributed by atoms with Gasteiger partial charge < -0.3 is 0 Å². The maximum atomic E-state index is 4.01. The Morgan fingerprint density at radius 3 is 2.82 bits per heavy atom. The Hall–Kier alpha value is -1.14. The lowest BCUT2D eigenvalue weighted by Gasteiger charge is -2.03. The number of aromatic nitrogens is 4. The quantitative estimate of drug-likeness (QED) is 0.796. The maximum Gasteiger partial charge on any atom is 0.214 e. The smallest absolute Gasteiger partial charge is 0.188 e. The normalized spacial score (nSPS) is 10.4. The van der Waals surface area contributed by atoms with Crippen molar-refractivity contribution in [3.63, 3.8) is 0 Å². The van der Waals surface area contributed by atoms with E-state index in [2.05, 4.69) is 38.0 Å². The largest absolute Gasteiger partial charge is 0.214 e. The number of nitrogens with zero attached hydrogens (tertiary/aromatic N) is 4. The zero-order valence-corrected chi connectivity index (χ0v) is 11.5. The SMILES string of the molecule is C=C(Br)CCSc1nnnn1-c1ccccc1. The number of hydrogen-bond donors (Lipinski definition) is 0. The standard InChI is InChI=1S/C11H11BrN4S/c1-9(12)7-8-17-11-13-14-15-16(11)10-5-3-2-4-6-10/h2-6H,1,7-8H2. The Morgan fingerprint density at radius 2 is 2.12 bits per heavy atom. The molecule has 1 heterocycles. The summed E-state index contributed by atoms with van der Waals surface area (Å²) in [6.45, 7) is 3.80. The van der Waals surface area contributed by atoms with Gasteiger partial charge in [0, 0.05) is 5.75 Å². The predicted molar refractivity (Wildman–Crippen MR) is 72.6 cm³/mol. The third-order valence-corrected chi connectivity index (χ3v) is 3.36. The second kappa shape index (κ2) is 5.97. The Labute approximate surface area is 112 Å². The van der Waals surface area contributed by atoms with E-state index in [0.29, 0.717) is 0 Å². The first-order valence-electron chi connectivity index (χ1n) is 5.07. The van der Waals surface area contributed by atoms with Crippen molar-refractivity contribution in [2.45, 2.75) is 11.6 Å². The van der Waals surface area contributed by atoms with Crippen molar-refractivity contribution < 1.29 is 0 Å². The Morgan fingerprint density at radius 1 is 1.35 bits per heavy atom. The lowest BCUT2D eigenvalue weighted by atomic mass is 10.3. The molecule has 0 bridgehead atoms. The molecule has 0 unspecified atom stereocenters. The van der Waals surface area contributed by atoms with E-state index in [4.69, 9.17) is 0 Å². The summed E-state index contributed by atoms with van der Waals surface area (Å²) in [4.78, 5) is 0. The third kappa shape index (κ3) is 3.41. The lowest BCUT2D eigenvalue weighted by Crippen LogP contribution is -1.98. The molecule has 0 saturated carbocycles. The van der Waals surface area contributed by atoms with Gasteiger partial charge in [-0.15, -0.1) is 5.10 Å². The molecule has 2 aromatic rings. The van der Waals surface area contributed by atoms with Crippen LogP contribution >= 0.6 is 27.7 Å². The molecule has 1 aromatic carbocycles. The van der Waals surface area contributed by atoms with Crippen LogP contribution in [0.3, 0.4) is 0 Å². The number of hydrogen-bond acceptors (Lipinski definition) is 4. The molecule has 0 aliphatic rings. The summed E-state index contributed by atoms with van der Waals surface area (Å²) >= 11 is 4.95. The van der Waals surface area contributed by atoms with E-state index in [1.54, 1.807) is 16.4 Å². The number of thioether (sulfide) groups is 1. The molecule has 0 N–H and O–H groups in total. The summed E-state index contributed by atoms with van der Waals surface area (Å²) in [7, 11) is 0. The summed E-state index contributed by atoms with van der Waals surface area (Å²) in [5.74, 6) is 0.900. The number of para-hydroxylation sites is 1. The van der Waals surface area contributed by atoms with Gasteiger partial charge in [-0.3, -0.25) is 0 Å². The van der Waals surface area contributed by atoms with Crippen molar-refractivity contribution in [2.75, 3.05) is 5.75 Å². The van der Waals surface area contributed by atoms with Crippen LogP contribution in [0.4, 0.5) is 0 Å². The molecular formula is C11H11BrN4S. The molecule has 6 heteroatoms.